The molecule has 1 atom stereocenters. The predicted octanol–water partition coefficient (Wildman–Crippen LogP) is 5.42. The molecule has 0 aromatic heterocycles. The van der Waals surface area contributed by atoms with Gasteiger partial charge in [-0.25, -0.2) is 19.2 Å². The van der Waals surface area contributed by atoms with E-state index in [0.29, 0.717) is 25.9 Å². The van der Waals surface area contributed by atoms with E-state index < -0.39 is 30.0 Å². The van der Waals surface area contributed by atoms with Crippen LogP contribution in [0.2, 0.25) is 0 Å². The molecule has 0 amide bonds. The van der Waals surface area contributed by atoms with Gasteiger partial charge in [0.25, 0.3) is 0 Å². The summed E-state index contributed by atoms with van der Waals surface area (Å²) in [6, 6.07) is 0. The largest absolute Gasteiger partial charge is 0.478 e. The molecule has 0 saturated heterocycles. The van der Waals surface area contributed by atoms with E-state index in [-0.39, 0.29) is 28.8 Å². The molecule has 1 unspecified atom stereocenters. The van der Waals surface area contributed by atoms with Crippen LogP contribution in [0.15, 0.2) is 30.0 Å². The lowest BCUT2D eigenvalue weighted by atomic mass is 10.1. The molecule has 0 aliphatic heterocycles. The Kier molecular flexibility index (Phi) is 12.0. The maximum absolute atomic E-state index is 12.9. The monoisotopic (exact) mass is 690 g/mol. The van der Waals surface area contributed by atoms with Crippen molar-refractivity contribution in [3.63, 3.8) is 0 Å². The van der Waals surface area contributed by atoms with Gasteiger partial charge < -0.3 is 19.3 Å². The number of unbranched alkanes of at least 4 members (excludes halogenated alkanes) is 1. The zero-order valence-electron chi connectivity index (χ0n) is 16.4. The number of carbonyl (C=O) groups is 4. The lowest BCUT2D eigenvalue weighted by Gasteiger charge is -2.18. The van der Waals surface area contributed by atoms with Crippen molar-refractivity contribution < 1.29 is 38.5 Å². The van der Waals surface area contributed by atoms with E-state index in [1.54, 1.807) is 0 Å². The molecule has 0 bridgehead atoms. The van der Waals surface area contributed by atoms with Gasteiger partial charge in [0.05, 0.1) is 17.7 Å². The highest BCUT2D eigenvalue weighted by molar-refractivity contribution is 9.15. The number of rotatable bonds is 10. The van der Waals surface area contributed by atoms with Crippen molar-refractivity contribution in [2.24, 2.45) is 0 Å². The maximum atomic E-state index is 12.9. The predicted molar refractivity (Wildman–Crippen MR) is 125 cm³/mol. The van der Waals surface area contributed by atoms with Gasteiger partial charge >= 0.3 is 23.9 Å². The highest BCUT2D eigenvalue weighted by atomic mass is 79.9. The molecule has 1 rings (SSSR count). The minimum Gasteiger partial charge on any atom is -0.478 e. The second kappa shape index (κ2) is 13.3. The maximum Gasteiger partial charge on any atom is 0.340 e. The van der Waals surface area contributed by atoms with Gasteiger partial charge in [0, 0.05) is 30.0 Å². The van der Waals surface area contributed by atoms with Crippen molar-refractivity contribution in [1.82, 2.24) is 0 Å². The van der Waals surface area contributed by atoms with Gasteiger partial charge in [-0.3, -0.25) is 0 Å². The third-order valence-electron chi connectivity index (χ3n) is 3.54. The van der Waals surface area contributed by atoms with E-state index in [0.717, 1.165) is 12.5 Å². The molecule has 0 radical (unpaired) electrons. The van der Waals surface area contributed by atoms with E-state index in [1.807, 2.05) is 6.92 Å². The summed E-state index contributed by atoms with van der Waals surface area (Å²) in [7, 11) is 0. The van der Waals surface area contributed by atoms with Crippen molar-refractivity contribution in [3.05, 3.63) is 41.2 Å². The summed E-state index contributed by atoms with van der Waals surface area (Å²) in [6.07, 6.45) is 1.98. The number of hydrogen-bond donors (Lipinski definition) is 1. The number of benzene rings is 1. The topological polar surface area (TPSA) is 116 Å². The first-order valence-corrected chi connectivity index (χ1v) is 12.0. The molecule has 8 nitrogen and oxygen atoms in total. The SMILES string of the molecule is CCCCOC(=O)c1c(Br)c(Br)c(Br)c(Br)c1C(=O)OC(C)COC(=O)/C=C\C(=O)O. The quantitative estimate of drug-likeness (QED) is 0.0863. The third kappa shape index (κ3) is 8.32. The van der Waals surface area contributed by atoms with Gasteiger partial charge in [-0.1, -0.05) is 13.3 Å². The summed E-state index contributed by atoms with van der Waals surface area (Å²) >= 11 is 13.3. The Morgan fingerprint density at radius 1 is 0.903 bits per heavy atom. The van der Waals surface area contributed by atoms with E-state index >= 15 is 0 Å². The van der Waals surface area contributed by atoms with Crippen molar-refractivity contribution in [1.29, 1.82) is 0 Å². The number of esters is 3. The Bertz CT molecular complexity index is 898. The van der Waals surface area contributed by atoms with Gasteiger partial charge in [-0.05, 0) is 77.1 Å². The summed E-state index contributed by atoms with van der Waals surface area (Å²) in [5, 5.41) is 8.50. The Hall–Kier alpha value is -1.24. The number of halogens is 4. The molecule has 0 aliphatic rings. The lowest BCUT2D eigenvalue weighted by molar-refractivity contribution is -0.141. The molecular formula is C19H18Br4O8. The zero-order valence-corrected chi connectivity index (χ0v) is 22.7. The van der Waals surface area contributed by atoms with E-state index in [2.05, 4.69) is 63.7 Å². The minimum atomic E-state index is -1.30. The first-order valence-electron chi connectivity index (χ1n) is 8.82. The number of ether oxygens (including phenoxy) is 3. The van der Waals surface area contributed by atoms with Gasteiger partial charge in [0.15, 0.2) is 0 Å². The van der Waals surface area contributed by atoms with Gasteiger partial charge in [0.2, 0.25) is 0 Å². The number of carboxylic acid groups (broad SMARTS) is 1. The minimum absolute atomic E-state index is 0.0309. The van der Waals surface area contributed by atoms with Crippen LogP contribution in [0, 0.1) is 0 Å². The lowest BCUT2D eigenvalue weighted by Crippen LogP contribution is -2.24. The smallest absolute Gasteiger partial charge is 0.340 e. The summed E-state index contributed by atoms with van der Waals surface area (Å²) in [4.78, 5) is 47.4. The highest BCUT2D eigenvalue weighted by Gasteiger charge is 2.30. The molecule has 0 fully saturated rings. The van der Waals surface area contributed by atoms with Crippen LogP contribution in [-0.4, -0.2) is 48.3 Å². The van der Waals surface area contributed by atoms with Crippen LogP contribution < -0.4 is 0 Å². The Balaban J connectivity index is 3.08. The van der Waals surface area contributed by atoms with E-state index in [1.165, 1.54) is 6.92 Å². The van der Waals surface area contributed by atoms with Crippen molar-refractivity contribution in [2.45, 2.75) is 32.8 Å². The standard InChI is InChI=1S/C19H18Br4O8/c1-3-4-7-29-18(27)12-13(15(21)17(23)16(22)14(12)20)19(28)31-9(2)8-30-11(26)6-5-10(24)25/h5-6,9H,3-4,7-8H2,1-2H3,(H,24,25)/b6-5-. The van der Waals surface area contributed by atoms with Crippen molar-refractivity contribution >= 4 is 87.6 Å². The second-order valence-electron chi connectivity index (χ2n) is 6.01. The first kappa shape index (κ1) is 27.8. The van der Waals surface area contributed by atoms with Crippen LogP contribution in [-0.2, 0) is 23.8 Å². The van der Waals surface area contributed by atoms with Crippen LogP contribution in [0.5, 0.6) is 0 Å². The first-order chi connectivity index (χ1) is 14.5. The number of hydrogen-bond acceptors (Lipinski definition) is 7. The second-order valence-corrected chi connectivity index (χ2v) is 9.18. The molecule has 31 heavy (non-hydrogen) atoms. The molecule has 170 valence electrons. The zero-order chi connectivity index (χ0) is 23.7. The molecule has 1 aromatic rings. The van der Waals surface area contributed by atoms with Gasteiger partial charge in [-0.2, -0.15) is 0 Å². The highest BCUT2D eigenvalue weighted by Crippen LogP contribution is 2.42. The van der Waals surface area contributed by atoms with Crippen LogP contribution in [0.1, 0.15) is 47.4 Å². The van der Waals surface area contributed by atoms with Crippen LogP contribution in [0.4, 0.5) is 0 Å². The molecule has 0 aliphatic carbocycles. The summed E-state index contributed by atoms with van der Waals surface area (Å²) in [5.41, 5.74) is -0.107. The van der Waals surface area contributed by atoms with E-state index in [9.17, 15) is 19.2 Å². The van der Waals surface area contributed by atoms with Gasteiger partial charge in [-0.15, -0.1) is 0 Å². The molecule has 0 saturated carbocycles. The fraction of sp³-hybridized carbons (Fsp3) is 0.368. The van der Waals surface area contributed by atoms with Crippen LogP contribution >= 0.6 is 63.7 Å². The van der Waals surface area contributed by atoms with Crippen LogP contribution in [0.25, 0.3) is 0 Å². The van der Waals surface area contributed by atoms with Gasteiger partial charge in [0.1, 0.15) is 12.7 Å². The average molecular weight is 694 g/mol. The fourth-order valence-electron chi connectivity index (χ4n) is 2.06. The molecular weight excluding hydrogens is 676 g/mol. The number of aliphatic carboxylic acids is 1. The third-order valence-corrected chi connectivity index (χ3v) is 8.31. The fourth-order valence-corrected chi connectivity index (χ4v) is 4.50. The average Bonchev–Trinajstić information content (AvgIpc) is 2.71. The summed E-state index contributed by atoms with van der Waals surface area (Å²) in [6.45, 7) is 3.30. The summed E-state index contributed by atoms with van der Waals surface area (Å²) in [5.74, 6) is -3.77. The Morgan fingerprint density at radius 2 is 1.45 bits per heavy atom. The molecule has 0 spiro atoms. The normalized spacial score (nSPS) is 11.8. The molecule has 1 N–H and O–H groups in total. The Morgan fingerprint density at radius 3 is 1.97 bits per heavy atom. The number of carbonyl (C=O) groups excluding carboxylic acids is 3. The molecule has 0 heterocycles. The Labute approximate surface area is 212 Å². The van der Waals surface area contributed by atoms with Crippen molar-refractivity contribution in [3.8, 4) is 0 Å². The molecule has 12 heteroatoms. The summed E-state index contributed by atoms with van der Waals surface area (Å²) < 4.78 is 16.9. The van der Waals surface area contributed by atoms with Crippen LogP contribution in [0.3, 0.4) is 0 Å². The van der Waals surface area contributed by atoms with Crippen molar-refractivity contribution in [2.75, 3.05) is 13.2 Å². The van der Waals surface area contributed by atoms with E-state index in [4.69, 9.17) is 19.3 Å². The number of carboxylic acids is 1. The molecule has 1 aromatic carbocycles.